The summed E-state index contributed by atoms with van der Waals surface area (Å²) in [5.41, 5.74) is 6.97. The molecule has 1 aliphatic heterocycles. The van der Waals surface area contributed by atoms with E-state index < -0.39 is 0 Å². The number of hydrogen-bond acceptors (Lipinski definition) is 5. The summed E-state index contributed by atoms with van der Waals surface area (Å²) in [5, 5.41) is 4.08. The predicted molar refractivity (Wildman–Crippen MR) is 74.3 cm³/mol. The fraction of sp³-hybridized carbons (Fsp3) is 0.467. The normalized spacial score (nSPS) is 20.1. The van der Waals surface area contributed by atoms with Crippen molar-refractivity contribution in [3.63, 3.8) is 0 Å². The molecule has 1 saturated heterocycles. The summed E-state index contributed by atoms with van der Waals surface area (Å²) in [6.45, 7) is 2.09. The number of aromatic nitrogens is 2. The number of nitrogens with two attached hydrogens (primary N) is 1. The first kappa shape index (κ1) is 13.3. The smallest absolute Gasteiger partial charge is 0.235 e. The van der Waals surface area contributed by atoms with Gasteiger partial charge in [-0.05, 0) is 17.9 Å². The summed E-state index contributed by atoms with van der Waals surface area (Å²) < 4.78 is 10.8. The molecule has 0 saturated carbocycles. The Morgan fingerprint density at radius 1 is 1.30 bits per heavy atom. The van der Waals surface area contributed by atoms with Crippen LogP contribution in [0.15, 0.2) is 34.9 Å². The van der Waals surface area contributed by atoms with Gasteiger partial charge in [0.05, 0.1) is 5.92 Å². The summed E-state index contributed by atoms with van der Waals surface area (Å²) in [4.78, 5) is 4.51. The van der Waals surface area contributed by atoms with E-state index in [2.05, 4.69) is 10.1 Å². The van der Waals surface area contributed by atoms with Crippen molar-refractivity contribution >= 4 is 0 Å². The molecule has 1 fully saturated rings. The molecule has 20 heavy (non-hydrogen) atoms. The van der Waals surface area contributed by atoms with Crippen molar-refractivity contribution in [3.05, 3.63) is 47.6 Å². The summed E-state index contributed by atoms with van der Waals surface area (Å²) in [5.74, 6) is 1.84. The highest BCUT2D eigenvalue weighted by Gasteiger charge is 2.22. The average Bonchev–Trinajstić information content (AvgIpc) is 3.14. The lowest BCUT2D eigenvalue weighted by Crippen LogP contribution is -2.14. The van der Waals surface area contributed by atoms with Crippen LogP contribution < -0.4 is 5.73 Å². The summed E-state index contributed by atoms with van der Waals surface area (Å²) >= 11 is 0. The van der Waals surface area contributed by atoms with Gasteiger partial charge in [-0.1, -0.05) is 35.5 Å². The van der Waals surface area contributed by atoms with Gasteiger partial charge in [0, 0.05) is 26.2 Å². The summed E-state index contributed by atoms with van der Waals surface area (Å²) in [6.07, 6.45) is 1.89. The van der Waals surface area contributed by atoms with Crippen molar-refractivity contribution in [2.45, 2.75) is 18.8 Å². The molecule has 0 radical (unpaired) electrons. The zero-order chi connectivity index (χ0) is 13.8. The van der Waals surface area contributed by atoms with Gasteiger partial charge in [0.15, 0.2) is 5.82 Å². The maximum absolute atomic E-state index is 5.86. The van der Waals surface area contributed by atoms with Crippen LogP contribution in [-0.4, -0.2) is 29.9 Å². The molecular formula is C15H19N3O2. The third-order valence-electron chi connectivity index (χ3n) is 3.71. The van der Waals surface area contributed by atoms with E-state index in [-0.39, 0.29) is 5.92 Å². The van der Waals surface area contributed by atoms with Crippen LogP contribution in [0.1, 0.15) is 29.6 Å². The number of rotatable bonds is 5. The first-order valence-corrected chi connectivity index (χ1v) is 7.02. The molecule has 0 bridgehead atoms. The van der Waals surface area contributed by atoms with Crippen LogP contribution in [0.3, 0.4) is 0 Å². The van der Waals surface area contributed by atoms with E-state index in [0.717, 1.165) is 37.4 Å². The van der Waals surface area contributed by atoms with Crippen molar-refractivity contribution in [1.29, 1.82) is 0 Å². The molecular weight excluding hydrogens is 254 g/mol. The van der Waals surface area contributed by atoms with Crippen LogP contribution in [0, 0.1) is 5.92 Å². The molecule has 5 nitrogen and oxygen atoms in total. The maximum Gasteiger partial charge on any atom is 0.235 e. The number of benzene rings is 1. The summed E-state index contributed by atoms with van der Waals surface area (Å²) in [6, 6.07) is 10.0. The fourth-order valence-electron chi connectivity index (χ4n) is 2.56. The Labute approximate surface area is 118 Å². The van der Waals surface area contributed by atoms with Crippen molar-refractivity contribution < 1.29 is 9.26 Å². The second-order valence-corrected chi connectivity index (χ2v) is 5.18. The molecule has 0 amide bonds. The SMILES string of the molecule is NCC(c1ccccc1)c1nc(CC2CCOC2)no1. The quantitative estimate of drug-likeness (QED) is 0.898. The number of hydrogen-bond donors (Lipinski definition) is 1. The van der Waals surface area contributed by atoms with Crippen LogP contribution in [0.4, 0.5) is 0 Å². The molecule has 2 aromatic rings. The predicted octanol–water partition coefficient (Wildman–Crippen LogP) is 1.74. The Hall–Kier alpha value is -1.72. The Morgan fingerprint density at radius 2 is 2.15 bits per heavy atom. The minimum absolute atomic E-state index is 0.0303. The zero-order valence-corrected chi connectivity index (χ0v) is 11.4. The standard InChI is InChI=1S/C15H19N3O2/c16-9-13(12-4-2-1-3-5-12)15-17-14(18-20-15)8-11-6-7-19-10-11/h1-5,11,13H,6-10,16H2. The average molecular weight is 273 g/mol. The molecule has 2 unspecified atom stereocenters. The van der Waals surface area contributed by atoms with Crippen molar-refractivity contribution in [2.75, 3.05) is 19.8 Å². The lowest BCUT2D eigenvalue weighted by molar-refractivity contribution is 0.185. The molecule has 0 aliphatic carbocycles. The minimum atomic E-state index is -0.0303. The van der Waals surface area contributed by atoms with Gasteiger partial charge in [-0.3, -0.25) is 0 Å². The Morgan fingerprint density at radius 3 is 2.85 bits per heavy atom. The van der Waals surface area contributed by atoms with Gasteiger partial charge in [-0.25, -0.2) is 0 Å². The largest absolute Gasteiger partial charge is 0.381 e. The molecule has 5 heteroatoms. The van der Waals surface area contributed by atoms with E-state index in [1.54, 1.807) is 0 Å². The Kier molecular flexibility index (Phi) is 4.08. The Bertz CT molecular complexity index is 535. The second kappa shape index (κ2) is 6.15. The molecule has 1 aromatic carbocycles. The van der Waals surface area contributed by atoms with Gasteiger partial charge < -0.3 is 15.0 Å². The van der Waals surface area contributed by atoms with Gasteiger partial charge in [0.1, 0.15) is 0 Å². The van der Waals surface area contributed by atoms with E-state index in [4.69, 9.17) is 15.0 Å². The second-order valence-electron chi connectivity index (χ2n) is 5.18. The first-order valence-electron chi connectivity index (χ1n) is 7.02. The van der Waals surface area contributed by atoms with E-state index in [9.17, 15) is 0 Å². The molecule has 1 aliphatic rings. The van der Waals surface area contributed by atoms with Crippen LogP contribution in [0.5, 0.6) is 0 Å². The fourth-order valence-corrected chi connectivity index (χ4v) is 2.56. The highest BCUT2D eigenvalue weighted by Crippen LogP contribution is 2.23. The van der Waals surface area contributed by atoms with Crippen LogP contribution in [0.2, 0.25) is 0 Å². The van der Waals surface area contributed by atoms with Gasteiger partial charge in [-0.15, -0.1) is 0 Å². The molecule has 0 spiro atoms. The summed E-state index contributed by atoms with van der Waals surface area (Å²) in [7, 11) is 0. The van der Waals surface area contributed by atoms with E-state index >= 15 is 0 Å². The first-order chi connectivity index (χ1) is 9.86. The maximum atomic E-state index is 5.86. The molecule has 2 N–H and O–H groups in total. The van der Waals surface area contributed by atoms with E-state index in [0.29, 0.717) is 18.4 Å². The van der Waals surface area contributed by atoms with Crippen molar-refractivity contribution in [1.82, 2.24) is 10.1 Å². The van der Waals surface area contributed by atoms with Gasteiger partial charge in [0.25, 0.3) is 0 Å². The van der Waals surface area contributed by atoms with Crippen LogP contribution in [-0.2, 0) is 11.2 Å². The van der Waals surface area contributed by atoms with Gasteiger partial charge in [-0.2, -0.15) is 4.98 Å². The molecule has 3 rings (SSSR count). The lowest BCUT2D eigenvalue weighted by atomic mass is 9.99. The van der Waals surface area contributed by atoms with Crippen LogP contribution in [0.25, 0.3) is 0 Å². The van der Waals surface area contributed by atoms with Crippen molar-refractivity contribution in [3.8, 4) is 0 Å². The lowest BCUT2D eigenvalue weighted by Gasteiger charge is -2.09. The number of nitrogens with zero attached hydrogens (tertiary/aromatic N) is 2. The highest BCUT2D eigenvalue weighted by molar-refractivity contribution is 5.24. The third kappa shape index (κ3) is 2.89. The van der Waals surface area contributed by atoms with Crippen molar-refractivity contribution in [2.24, 2.45) is 11.7 Å². The van der Waals surface area contributed by atoms with Crippen LogP contribution >= 0.6 is 0 Å². The number of ether oxygens (including phenoxy) is 1. The third-order valence-corrected chi connectivity index (χ3v) is 3.71. The van der Waals surface area contributed by atoms with Gasteiger partial charge >= 0.3 is 0 Å². The molecule has 106 valence electrons. The molecule has 1 aromatic heterocycles. The molecule has 2 atom stereocenters. The topological polar surface area (TPSA) is 74.2 Å². The zero-order valence-electron chi connectivity index (χ0n) is 11.4. The van der Waals surface area contributed by atoms with Gasteiger partial charge in [0.2, 0.25) is 5.89 Å². The van der Waals surface area contributed by atoms with E-state index in [1.165, 1.54) is 0 Å². The molecule has 2 heterocycles. The van der Waals surface area contributed by atoms with E-state index in [1.807, 2.05) is 30.3 Å². The highest BCUT2D eigenvalue weighted by atomic mass is 16.5. The Balaban J connectivity index is 1.74. The minimum Gasteiger partial charge on any atom is -0.381 e. The monoisotopic (exact) mass is 273 g/mol.